The van der Waals surface area contributed by atoms with Gasteiger partial charge in [-0.05, 0) is 49.2 Å². The third-order valence-electron chi connectivity index (χ3n) is 7.96. The molecule has 1 saturated heterocycles. The summed E-state index contributed by atoms with van der Waals surface area (Å²) >= 11 is 0. The van der Waals surface area contributed by atoms with Crippen molar-refractivity contribution in [2.45, 2.75) is 24.7 Å². The van der Waals surface area contributed by atoms with E-state index in [0.29, 0.717) is 11.5 Å². The fourth-order valence-corrected chi connectivity index (χ4v) is 5.80. The molecule has 2 unspecified atom stereocenters. The molecular formula is C34H40Cl2N2O2. The van der Waals surface area contributed by atoms with Crippen molar-refractivity contribution in [2.75, 3.05) is 39.3 Å². The van der Waals surface area contributed by atoms with Crippen molar-refractivity contribution < 1.29 is 10.2 Å². The largest absolute Gasteiger partial charge is 0.508 e. The molecule has 0 aliphatic carbocycles. The molecule has 0 spiro atoms. The van der Waals surface area contributed by atoms with Crippen molar-refractivity contribution in [1.29, 1.82) is 0 Å². The summed E-state index contributed by atoms with van der Waals surface area (Å²) in [5, 5.41) is 21.1. The first kappa shape index (κ1) is 31.5. The van der Waals surface area contributed by atoms with E-state index in [1.54, 1.807) is 12.1 Å². The molecule has 0 aromatic heterocycles. The van der Waals surface area contributed by atoms with Gasteiger partial charge in [0.1, 0.15) is 11.5 Å². The normalized spacial score (nSPS) is 15.4. The van der Waals surface area contributed by atoms with Crippen molar-refractivity contribution in [3.63, 3.8) is 0 Å². The van der Waals surface area contributed by atoms with Gasteiger partial charge in [-0.1, -0.05) is 97.1 Å². The molecule has 1 fully saturated rings. The van der Waals surface area contributed by atoms with Gasteiger partial charge in [-0.25, -0.2) is 0 Å². The summed E-state index contributed by atoms with van der Waals surface area (Å²) in [4.78, 5) is 5.12. The molecule has 0 bridgehead atoms. The minimum absolute atomic E-state index is 0. The van der Waals surface area contributed by atoms with E-state index in [9.17, 15) is 10.2 Å². The zero-order valence-corrected chi connectivity index (χ0v) is 24.4. The highest BCUT2D eigenvalue weighted by atomic mass is 35.5. The molecule has 40 heavy (non-hydrogen) atoms. The van der Waals surface area contributed by atoms with E-state index in [2.05, 4.69) is 70.5 Å². The lowest BCUT2D eigenvalue weighted by molar-refractivity contribution is 0.128. The molecule has 4 aromatic carbocycles. The number of nitrogens with zero attached hydrogens (tertiary/aromatic N) is 2. The highest BCUT2D eigenvalue weighted by Gasteiger charge is 2.23. The quantitative estimate of drug-likeness (QED) is 0.207. The second-order valence-electron chi connectivity index (χ2n) is 10.3. The van der Waals surface area contributed by atoms with Crippen LogP contribution in [0.5, 0.6) is 11.5 Å². The Labute approximate surface area is 251 Å². The summed E-state index contributed by atoms with van der Waals surface area (Å²) in [6, 6.07) is 36.6. The number of para-hydroxylation sites is 2. The highest BCUT2D eigenvalue weighted by Crippen LogP contribution is 2.35. The Kier molecular flexibility index (Phi) is 12.4. The molecule has 2 atom stereocenters. The zero-order valence-electron chi connectivity index (χ0n) is 22.8. The number of rotatable bonds is 10. The predicted molar refractivity (Wildman–Crippen MR) is 169 cm³/mol. The fraction of sp³-hybridized carbons (Fsp3) is 0.294. The summed E-state index contributed by atoms with van der Waals surface area (Å²) in [5.74, 6) is 1.12. The second kappa shape index (κ2) is 15.7. The monoisotopic (exact) mass is 578 g/mol. The first-order valence-electron chi connectivity index (χ1n) is 13.8. The summed E-state index contributed by atoms with van der Waals surface area (Å²) in [5.41, 5.74) is 4.52. The standard InChI is InChI=1S/C34H38N2O2.2ClH/c37-33-17-9-7-15-31(33)29(27-11-3-1-4-12-27)19-21-35-23-25-36(26-24-35)22-20-30(28-13-5-2-6-14-28)32-16-8-10-18-34(32)38;;/h1-18,29-30,37-38H,19-26H2;2*1H. The molecule has 2 N–H and O–H groups in total. The average molecular weight is 580 g/mol. The molecule has 0 amide bonds. The molecule has 4 nitrogen and oxygen atoms in total. The third-order valence-corrected chi connectivity index (χ3v) is 7.96. The van der Waals surface area contributed by atoms with E-state index in [-0.39, 0.29) is 36.6 Å². The van der Waals surface area contributed by atoms with Gasteiger partial charge >= 0.3 is 0 Å². The number of aromatic hydroxyl groups is 2. The molecule has 0 saturated carbocycles. The summed E-state index contributed by atoms with van der Waals surface area (Å²) in [6.45, 7) is 6.21. The van der Waals surface area contributed by atoms with Gasteiger partial charge in [-0.15, -0.1) is 24.8 Å². The number of hydrogen-bond donors (Lipinski definition) is 2. The minimum Gasteiger partial charge on any atom is -0.508 e. The molecule has 1 aliphatic rings. The molecule has 212 valence electrons. The van der Waals surface area contributed by atoms with Gasteiger partial charge in [0, 0.05) is 49.1 Å². The van der Waals surface area contributed by atoms with Gasteiger partial charge in [0.15, 0.2) is 0 Å². The number of phenols is 2. The Morgan fingerprint density at radius 1 is 0.475 bits per heavy atom. The van der Waals surface area contributed by atoms with E-state index in [1.165, 1.54) is 11.1 Å². The van der Waals surface area contributed by atoms with Crippen LogP contribution in [0.15, 0.2) is 109 Å². The summed E-state index contributed by atoms with van der Waals surface area (Å²) < 4.78 is 0. The lowest BCUT2D eigenvalue weighted by Crippen LogP contribution is -2.47. The van der Waals surface area contributed by atoms with Gasteiger partial charge in [0.05, 0.1) is 0 Å². The Hall–Kier alpha value is -3.02. The van der Waals surface area contributed by atoms with Crippen LogP contribution in [-0.2, 0) is 0 Å². The van der Waals surface area contributed by atoms with Crippen LogP contribution < -0.4 is 0 Å². The molecule has 4 aromatic rings. The van der Waals surface area contributed by atoms with E-state index in [0.717, 1.165) is 63.2 Å². The zero-order chi connectivity index (χ0) is 26.2. The smallest absolute Gasteiger partial charge is 0.119 e. The van der Waals surface area contributed by atoms with Crippen LogP contribution in [0.2, 0.25) is 0 Å². The number of phenolic OH excluding ortho intramolecular Hbond substituents is 2. The average Bonchev–Trinajstić information content (AvgIpc) is 2.97. The van der Waals surface area contributed by atoms with Crippen molar-refractivity contribution in [3.8, 4) is 11.5 Å². The fourth-order valence-electron chi connectivity index (χ4n) is 5.80. The van der Waals surface area contributed by atoms with E-state index in [4.69, 9.17) is 0 Å². The SMILES string of the molecule is Cl.Cl.Oc1ccccc1C(CCN1CCN(CCC(c2ccccc2)c2ccccc2O)CC1)c1ccccc1. The predicted octanol–water partition coefficient (Wildman–Crippen LogP) is 7.30. The van der Waals surface area contributed by atoms with Crippen LogP contribution in [0.3, 0.4) is 0 Å². The number of halogens is 2. The van der Waals surface area contributed by atoms with Crippen LogP contribution in [0.25, 0.3) is 0 Å². The maximum Gasteiger partial charge on any atom is 0.119 e. The van der Waals surface area contributed by atoms with Crippen LogP contribution in [0.4, 0.5) is 0 Å². The van der Waals surface area contributed by atoms with Gasteiger partial charge in [0.25, 0.3) is 0 Å². The Balaban J connectivity index is 0.00000220. The van der Waals surface area contributed by atoms with E-state index >= 15 is 0 Å². The van der Waals surface area contributed by atoms with Crippen molar-refractivity contribution in [1.82, 2.24) is 9.80 Å². The first-order chi connectivity index (χ1) is 18.7. The Morgan fingerprint density at radius 3 is 1.15 bits per heavy atom. The van der Waals surface area contributed by atoms with Gasteiger partial charge in [-0.3, -0.25) is 0 Å². The molecule has 1 aliphatic heterocycles. The number of benzene rings is 4. The molecule has 6 heteroatoms. The van der Waals surface area contributed by atoms with Crippen LogP contribution >= 0.6 is 24.8 Å². The Bertz CT molecular complexity index is 1180. The second-order valence-corrected chi connectivity index (χ2v) is 10.3. The Morgan fingerprint density at radius 2 is 0.800 bits per heavy atom. The highest BCUT2D eigenvalue weighted by molar-refractivity contribution is 5.85. The topological polar surface area (TPSA) is 46.9 Å². The van der Waals surface area contributed by atoms with Crippen molar-refractivity contribution in [2.24, 2.45) is 0 Å². The third kappa shape index (κ3) is 8.02. The molecule has 0 radical (unpaired) electrons. The van der Waals surface area contributed by atoms with Crippen LogP contribution in [0, 0.1) is 0 Å². The summed E-state index contributed by atoms with van der Waals surface area (Å²) in [6.07, 6.45) is 1.95. The van der Waals surface area contributed by atoms with Gasteiger partial charge in [0.2, 0.25) is 0 Å². The van der Waals surface area contributed by atoms with Crippen molar-refractivity contribution >= 4 is 24.8 Å². The lowest BCUT2D eigenvalue weighted by atomic mass is 9.87. The molecule has 1 heterocycles. The molecular weight excluding hydrogens is 539 g/mol. The maximum absolute atomic E-state index is 10.6. The van der Waals surface area contributed by atoms with Gasteiger partial charge in [-0.2, -0.15) is 0 Å². The summed E-state index contributed by atoms with van der Waals surface area (Å²) in [7, 11) is 0. The number of piperazine rings is 1. The van der Waals surface area contributed by atoms with Crippen LogP contribution in [-0.4, -0.2) is 59.3 Å². The van der Waals surface area contributed by atoms with Crippen LogP contribution in [0.1, 0.15) is 46.9 Å². The number of hydrogen-bond acceptors (Lipinski definition) is 4. The first-order valence-corrected chi connectivity index (χ1v) is 13.8. The molecule has 5 rings (SSSR count). The van der Waals surface area contributed by atoms with E-state index < -0.39 is 0 Å². The van der Waals surface area contributed by atoms with E-state index in [1.807, 2.05) is 36.4 Å². The maximum atomic E-state index is 10.6. The van der Waals surface area contributed by atoms with Gasteiger partial charge < -0.3 is 20.0 Å². The minimum atomic E-state index is 0. The lowest BCUT2D eigenvalue weighted by Gasteiger charge is -2.36. The van der Waals surface area contributed by atoms with Crippen molar-refractivity contribution in [3.05, 3.63) is 131 Å².